The molecule has 26 heavy (non-hydrogen) atoms. The van der Waals surface area contributed by atoms with Crippen LogP contribution < -0.4 is 0 Å². The molecule has 0 aliphatic carbocycles. The van der Waals surface area contributed by atoms with E-state index in [1.54, 1.807) is 20.7 Å². The maximum atomic E-state index is 5.54. The summed E-state index contributed by atoms with van der Waals surface area (Å²) < 4.78 is 5.17. The molecule has 4 aromatic rings. The van der Waals surface area contributed by atoms with E-state index in [0.29, 0.717) is 11.4 Å². The lowest BCUT2D eigenvalue weighted by atomic mass is 10.3. The molecule has 0 amide bonds. The van der Waals surface area contributed by atoms with Gasteiger partial charge in [-0.05, 0) is 60.9 Å². The van der Waals surface area contributed by atoms with Crippen LogP contribution in [0, 0.1) is 4.77 Å². The Morgan fingerprint density at radius 2 is 1.81 bits per heavy atom. The molecule has 2 aromatic carbocycles. The van der Waals surface area contributed by atoms with Gasteiger partial charge in [-0.15, -0.1) is 11.3 Å². The van der Waals surface area contributed by atoms with Crippen LogP contribution in [0.2, 0.25) is 0 Å². The lowest BCUT2D eigenvalue weighted by molar-refractivity contribution is 0.193. The van der Waals surface area contributed by atoms with Crippen molar-refractivity contribution in [1.29, 1.82) is 0 Å². The molecule has 0 spiro atoms. The number of fused-ring (bicyclic) bond motifs is 1. The van der Waals surface area contributed by atoms with Crippen molar-refractivity contribution in [3.63, 3.8) is 0 Å². The van der Waals surface area contributed by atoms with Gasteiger partial charge in [0.15, 0.2) is 0 Å². The SMILES string of the molecule is C[C@H](c1nc2ccccc2s1)N(C)Cn1nnn(-c2ccccc2)c1=S. The van der Waals surface area contributed by atoms with Gasteiger partial charge in [-0.1, -0.05) is 30.3 Å². The van der Waals surface area contributed by atoms with Gasteiger partial charge in [0.1, 0.15) is 5.01 Å². The number of thiazole rings is 1. The Labute approximate surface area is 160 Å². The summed E-state index contributed by atoms with van der Waals surface area (Å²) in [4.78, 5) is 6.92. The predicted octanol–water partition coefficient (Wildman–Crippen LogP) is 4.06. The number of nitrogens with zero attached hydrogens (tertiary/aromatic N) is 6. The van der Waals surface area contributed by atoms with E-state index in [2.05, 4.69) is 28.3 Å². The molecule has 2 aromatic heterocycles. The van der Waals surface area contributed by atoms with Crippen LogP contribution in [0.5, 0.6) is 0 Å². The quantitative estimate of drug-likeness (QED) is 0.487. The van der Waals surface area contributed by atoms with Crippen molar-refractivity contribution >= 4 is 33.8 Å². The van der Waals surface area contributed by atoms with Gasteiger partial charge in [0.25, 0.3) is 0 Å². The van der Waals surface area contributed by atoms with E-state index >= 15 is 0 Å². The summed E-state index contributed by atoms with van der Waals surface area (Å²) >= 11 is 7.26. The number of aromatic nitrogens is 5. The molecule has 4 rings (SSSR count). The first-order valence-corrected chi connectivity index (χ1v) is 9.50. The number of hydrogen-bond acceptors (Lipinski definition) is 6. The van der Waals surface area contributed by atoms with E-state index in [-0.39, 0.29) is 6.04 Å². The maximum absolute atomic E-state index is 5.54. The molecule has 0 saturated heterocycles. The summed E-state index contributed by atoms with van der Waals surface area (Å²) in [7, 11) is 2.04. The smallest absolute Gasteiger partial charge is 0.221 e. The predicted molar refractivity (Wildman–Crippen MR) is 106 cm³/mol. The highest BCUT2D eigenvalue weighted by Crippen LogP contribution is 2.28. The summed E-state index contributed by atoms with van der Waals surface area (Å²) in [6.45, 7) is 2.69. The Kier molecular flexibility index (Phi) is 4.62. The van der Waals surface area contributed by atoms with Crippen LogP contribution in [0.3, 0.4) is 0 Å². The third kappa shape index (κ3) is 3.18. The highest BCUT2D eigenvalue weighted by atomic mass is 32.1. The maximum Gasteiger partial charge on any atom is 0.221 e. The molecule has 132 valence electrons. The number of hydrogen-bond donors (Lipinski definition) is 0. The number of tetrazole rings is 1. The first-order chi connectivity index (χ1) is 12.6. The molecular weight excluding hydrogens is 364 g/mol. The second-order valence-corrected chi connectivity index (χ2v) is 7.53. The summed E-state index contributed by atoms with van der Waals surface area (Å²) in [6.07, 6.45) is 0. The van der Waals surface area contributed by atoms with Gasteiger partial charge in [-0.2, -0.15) is 4.68 Å². The van der Waals surface area contributed by atoms with Crippen LogP contribution in [0.1, 0.15) is 18.0 Å². The van der Waals surface area contributed by atoms with Crippen molar-refractivity contribution in [2.75, 3.05) is 7.05 Å². The van der Waals surface area contributed by atoms with Crippen LogP contribution in [-0.4, -0.2) is 36.7 Å². The summed E-state index contributed by atoms with van der Waals surface area (Å²) in [6, 6.07) is 18.1. The van der Waals surface area contributed by atoms with Crippen molar-refractivity contribution in [1.82, 2.24) is 29.7 Å². The van der Waals surface area contributed by atoms with Gasteiger partial charge in [0.2, 0.25) is 4.77 Å². The van der Waals surface area contributed by atoms with E-state index in [1.165, 1.54) is 4.70 Å². The van der Waals surface area contributed by atoms with Crippen LogP contribution in [-0.2, 0) is 6.67 Å². The van der Waals surface area contributed by atoms with Crippen molar-refractivity contribution in [2.45, 2.75) is 19.6 Å². The third-order valence-corrected chi connectivity index (χ3v) is 5.92. The highest BCUT2D eigenvalue weighted by molar-refractivity contribution is 7.71. The molecule has 8 heteroatoms. The molecule has 0 radical (unpaired) electrons. The lowest BCUT2D eigenvalue weighted by Crippen LogP contribution is -2.26. The van der Waals surface area contributed by atoms with Gasteiger partial charge < -0.3 is 0 Å². The molecule has 6 nitrogen and oxygen atoms in total. The minimum Gasteiger partial charge on any atom is -0.278 e. The minimum atomic E-state index is 0.149. The Hall–Kier alpha value is -2.42. The van der Waals surface area contributed by atoms with Crippen LogP contribution >= 0.6 is 23.6 Å². The zero-order valence-corrected chi connectivity index (χ0v) is 16.1. The fourth-order valence-corrected chi connectivity index (χ4v) is 4.01. The molecule has 0 saturated carbocycles. The summed E-state index contributed by atoms with van der Waals surface area (Å²) in [5.41, 5.74) is 1.95. The second kappa shape index (κ2) is 7.06. The van der Waals surface area contributed by atoms with Gasteiger partial charge in [-0.25, -0.2) is 9.67 Å². The first-order valence-electron chi connectivity index (χ1n) is 8.27. The number of rotatable bonds is 5. The largest absolute Gasteiger partial charge is 0.278 e. The monoisotopic (exact) mass is 382 g/mol. The molecule has 0 N–H and O–H groups in total. The molecular formula is C18H18N6S2. The molecule has 1 atom stereocenters. The first kappa shape index (κ1) is 17.0. The molecule has 2 heterocycles. The molecule has 0 aliphatic heterocycles. The average molecular weight is 383 g/mol. The highest BCUT2D eigenvalue weighted by Gasteiger charge is 2.18. The summed E-state index contributed by atoms with van der Waals surface area (Å²) in [5.74, 6) is 0. The summed E-state index contributed by atoms with van der Waals surface area (Å²) in [5, 5.41) is 9.49. The van der Waals surface area contributed by atoms with Gasteiger partial charge >= 0.3 is 0 Å². The second-order valence-electron chi connectivity index (χ2n) is 6.10. The minimum absolute atomic E-state index is 0.149. The Morgan fingerprint density at radius 1 is 1.08 bits per heavy atom. The van der Waals surface area contributed by atoms with Crippen molar-refractivity contribution in [3.8, 4) is 5.69 Å². The fourth-order valence-electron chi connectivity index (χ4n) is 2.69. The van der Waals surface area contributed by atoms with Crippen LogP contribution in [0.4, 0.5) is 0 Å². The number of benzene rings is 2. The molecule has 0 unspecified atom stereocenters. The Morgan fingerprint density at radius 3 is 2.58 bits per heavy atom. The topological polar surface area (TPSA) is 51.8 Å². The van der Waals surface area contributed by atoms with Gasteiger partial charge in [0, 0.05) is 0 Å². The van der Waals surface area contributed by atoms with E-state index in [0.717, 1.165) is 16.2 Å². The van der Waals surface area contributed by atoms with Crippen molar-refractivity contribution in [3.05, 3.63) is 64.4 Å². The van der Waals surface area contributed by atoms with Crippen molar-refractivity contribution in [2.24, 2.45) is 0 Å². The van der Waals surface area contributed by atoms with Gasteiger partial charge in [-0.3, -0.25) is 4.90 Å². The lowest BCUT2D eigenvalue weighted by Gasteiger charge is -2.22. The van der Waals surface area contributed by atoms with E-state index in [1.807, 2.05) is 55.6 Å². The Balaban J connectivity index is 1.55. The van der Waals surface area contributed by atoms with Gasteiger partial charge in [0.05, 0.1) is 28.6 Å². The third-order valence-electron chi connectivity index (χ3n) is 4.33. The van der Waals surface area contributed by atoms with E-state index in [4.69, 9.17) is 17.2 Å². The molecule has 0 aliphatic rings. The normalized spacial score (nSPS) is 12.7. The van der Waals surface area contributed by atoms with Crippen LogP contribution in [0.15, 0.2) is 54.6 Å². The number of para-hydroxylation sites is 2. The standard InChI is InChI=1S/C18H18N6S2/c1-13(17-19-15-10-6-7-11-16(15)26-17)22(2)12-23-18(25)24(21-20-23)14-8-4-3-5-9-14/h3-11,13H,12H2,1-2H3/t13-/m1/s1. The van der Waals surface area contributed by atoms with E-state index < -0.39 is 0 Å². The van der Waals surface area contributed by atoms with E-state index in [9.17, 15) is 0 Å². The zero-order chi connectivity index (χ0) is 18.1. The zero-order valence-electron chi connectivity index (χ0n) is 14.5. The van der Waals surface area contributed by atoms with Crippen molar-refractivity contribution < 1.29 is 0 Å². The Bertz CT molecular complexity index is 1050. The fraction of sp³-hybridized carbons (Fsp3) is 0.222. The molecule has 0 bridgehead atoms. The van der Waals surface area contributed by atoms with Crippen LogP contribution in [0.25, 0.3) is 15.9 Å². The molecule has 0 fully saturated rings. The average Bonchev–Trinajstić information content (AvgIpc) is 3.26.